The fourth-order valence-corrected chi connectivity index (χ4v) is 2.59. The lowest BCUT2D eigenvalue weighted by atomic mass is 10.1. The Bertz CT molecular complexity index is 757. The third kappa shape index (κ3) is 4.31. The third-order valence-electron chi connectivity index (χ3n) is 3.61. The number of benzene rings is 2. The van der Waals surface area contributed by atoms with Gasteiger partial charge in [-0.2, -0.15) is 0 Å². The molecule has 23 heavy (non-hydrogen) atoms. The number of aryl methyl sites for hydroxylation is 1. The lowest BCUT2D eigenvalue weighted by molar-refractivity contribution is -0.115. The van der Waals surface area contributed by atoms with Gasteiger partial charge in [-0.3, -0.25) is 9.59 Å². The molecule has 2 rings (SSSR count). The van der Waals surface area contributed by atoms with Crippen molar-refractivity contribution in [2.45, 2.75) is 27.2 Å². The number of amides is 2. The molecule has 0 radical (unpaired) electrons. The summed E-state index contributed by atoms with van der Waals surface area (Å²) in [7, 11) is 0. The summed E-state index contributed by atoms with van der Waals surface area (Å²) in [6.07, 6.45) is 0.415. The van der Waals surface area contributed by atoms with Crippen molar-refractivity contribution < 1.29 is 9.59 Å². The van der Waals surface area contributed by atoms with E-state index in [9.17, 15) is 9.59 Å². The van der Waals surface area contributed by atoms with Crippen LogP contribution in [-0.2, 0) is 4.79 Å². The number of halogens is 1. The topological polar surface area (TPSA) is 58.2 Å². The van der Waals surface area contributed by atoms with Crippen molar-refractivity contribution in [3.05, 3.63) is 56.7 Å². The molecule has 4 nitrogen and oxygen atoms in total. The van der Waals surface area contributed by atoms with E-state index in [-0.39, 0.29) is 11.8 Å². The number of nitrogens with one attached hydrogen (secondary N) is 2. The number of rotatable bonds is 4. The predicted molar refractivity (Wildman–Crippen MR) is 102 cm³/mol. The van der Waals surface area contributed by atoms with E-state index in [1.54, 1.807) is 6.92 Å². The zero-order chi connectivity index (χ0) is 17.0. The molecule has 0 atom stereocenters. The van der Waals surface area contributed by atoms with E-state index in [1.165, 1.54) is 0 Å². The van der Waals surface area contributed by atoms with Gasteiger partial charge in [0.15, 0.2) is 0 Å². The summed E-state index contributed by atoms with van der Waals surface area (Å²) in [6, 6.07) is 11.1. The average molecular weight is 422 g/mol. The first-order chi connectivity index (χ1) is 10.9. The van der Waals surface area contributed by atoms with Crippen LogP contribution in [0, 0.1) is 17.4 Å². The molecule has 0 saturated heterocycles. The van der Waals surface area contributed by atoms with Gasteiger partial charge in [-0.15, -0.1) is 0 Å². The molecular weight excluding hydrogens is 403 g/mol. The predicted octanol–water partition coefficient (Wildman–Crippen LogP) is 4.51. The second kappa shape index (κ2) is 7.59. The highest BCUT2D eigenvalue weighted by Crippen LogP contribution is 2.24. The van der Waals surface area contributed by atoms with Gasteiger partial charge in [0.1, 0.15) is 0 Å². The Morgan fingerprint density at radius 3 is 2.30 bits per heavy atom. The van der Waals surface area contributed by atoms with Gasteiger partial charge in [0.25, 0.3) is 5.91 Å². The fourth-order valence-electron chi connectivity index (χ4n) is 2.07. The van der Waals surface area contributed by atoms with Gasteiger partial charge in [-0.05, 0) is 71.8 Å². The Morgan fingerprint density at radius 1 is 1.04 bits per heavy atom. The minimum atomic E-state index is -0.162. The summed E-state index contributed by atoms with van der Waals surface area (Å²) in [5, 5.41) is 5.75. The van der Waals surface area contributed by atoms with Crippen molar-refractivity contribution in [3.8, 4) is 0 Å². The Morgan fingerprint density at radius 2 is 1.70 bits per heavy atom. The first-order valence-corrected chi connectivity index (χ1v) is 8.47. The largest absolute Gasteiger partial charge is 0.326 e. The van der Waals surface area contributed by atoms with E-state index in [4.69, 9.17) is 0 Å². The molecule has 2 N–H and O–H groups in total. The van der Waals surface area contributed by atoms with Gasteiger partial charge < -0.3 is 10.6 Å². The van der Waals surface area contributed by atoms with Crippen LogP contribution in [0.5, 0.6) is 0 Å². The van der Waals surface area contributed by atoms with Crippen LogP contribution < -0.4 is 10.6 Å². The summed E-state index contributed by atoms with van der Waals surface area (Å²) in [6.45, 7) is 5.68. The molecule has 0 aliphatic carbocycles. The Balaban J connectivity index is 2.22. The molecule has 2 aromatic carbocycles. The van der Waals surface area contributed by atoms with Crippen molar-refractivity contribution in [2.75, 3.05) is 10.6 Å². The summed E-state index contributed by atoms with van der Waals surface area (Å²) < 4.78 is 1.05. The molecule has 2 aromatic rings. The normalized spacial score (nSPS) is 10.3. The van der Waals surface area contributed by atoms with E-state index >= 15 is 0 Å². The summed E-state index contributed by atoms with van der Waals surface area (Å²) in [5.74, 6) is -0.213. The number of hydrogen-bond acceptors (Lipinski definition) is 2. The minimum Gasteiger partial charge on any atom is -0.326 e. The second-order valence-electron chi connectivity index (χ2n) is 5.30. The van der Waals surface area contributed by atoms with E-state index < -0.39 is 0 Å². The maximum atomic E-state index is 12.4. The highest BCUT2D eigenvalue weighted by Gasteiger charge is 2.11. The number of anilines is 2. The van der Waals surface area contributed by atoms with Crippen LogP contribution in [-0.4, -0.2) is 11.8 Å². The molecule has 2 amide bonds. The highest BCUT2D eigenvalue weighted by atomic mass is 127. The third-order valence-corrected chi connectivity index (χ3v) is 4.77. The maximum Gasteiger partial charge on any atom is 0.255 e. The maximum absolute atomic E-state index is 12.4. The highest BCUT2D eigenvalue weighted by molar-refractivity contribution is 14.1. The molecule has 0 bridgehead atoms. The summed E-state index contributed by atoms with van der Waals surface area (Å²) >= 11 is 2.22. The van der Waals surface area contributed by atoms with Crippen LogP contribution in [0.2, 0.25) is 0 Å². The van der Waals surface area contributed by atoms with Crippen LogP contribution >= 0.6 is 22.6 Å². The smallest absolute Gasteiger partial charge is 0.255 e. The van der Waals surface area contributed by atoms with Gasteiger partial charge in [-0.1, -0.05) is 19.1 Å². The zero-order valence-corrected chi connectivity index (χ0v) is 15.5. The molecule has 0 heterocycles. The zero-order valence-electron chi connectivity index (χ0n) is 13.4. The van der Waals surface area contributed by atoms with E-state index in [2.05, 4.69) is 33.2 Å². The van der Waals surface area contributed by atoms with Gasteiger partial charge in [-0.25, -0.2) is 0 Å². The lowest BCUT2D eigenvalue weighted by Crippen LogP contribution is -2.15. The van der Waals surface area contributed by atoms with Gasteiger partial charge >= 0.3 is 0 Å². The first-order valence-electron chi connectivity index (χ1n) is 7.39. The van der Waals surface area contributed by atoms with Crippen molar-refractivity contribution in [1.82, 2.24) is 0 Å². The van der Waals surface area contributed by atoms with Gasteiger partial charge in [0, 0.05) is 26.9 Å². The summed E-state index contributed by atoms with van der Waals surface area (Å²) in [5.41, 5.74) is 4.00. The average Bonchev–Trinajstić information content (AvgIpc) is 2.53. The van der Waals surface area contributed by atoms with Crippen LogP contribution in [0.25, 0.3) is 0 Å². The quantitative estimate of drug-likeness (QED) is 0.713. The molecule has 0 aliphatic rings. The van der Waals surface area contributed by atoms with Crippen LogP contribution in [0.4, 0.5) is 11.4 Å². The van der Waals surface area contributed by atoms with Crippen molar-refractivity contribution in [1.29, 1.82) is 0 Å². The van der Waals surface area contributed by atoms with Gasteiger partial charge in [0.2, 0.25) is 5.91 Å². The molecule has 0 aliphatic heterocycles. The number of carbonyl (C=O) groups is 2. The van der Waals surface area contributed by atoms with Gasteiger partial charge in [0.05, 0.1) is 0 Å². The molecule has 0 aromatic heterocycles. The molecule has 0 fully saturated rings. The second-order valence-corrected chi connectivity index (χ2v) is 6.46. The monoisotopic (exact) mass is 422 g/mol. The number of carbonyl (C=O) groups excluding carboxylic acids is 2. The standard InChI is InChI=1S/C18H19IN2O2/c1-4-17(22)20-15-6-5-7-16(12(15)3)21-18(23)13-9-8-11(2)14(19)10-13/h5-10H,4H2,1-3H3,(H,20,22)(H,21,23). The van der Waals surface area contributed by atoms with Crippen LogP contribution in [0.15, 0.2) is 36.4 Å². The van der Waals surface area contributed by atoms with Crippen molar-refractivity contribution in [3.63, 3.8) is 0 Å². The number of hydrogen-bond donors (Lipinski definition) is 2. The lowest BCUT2D eigenvalue weighted by Gasteiger charge is -2.13. The first kappa shape index (κ1) is 17.5. The van der Waals surface area contributed by atoms with Crippen molar-refractivity contribution in [2.24, 2.45) is 0 Å². The Labute approximate surface area is 149 Å². The SMILES string of the molecule is CCC(=O)Nc1cccc(NC(=O)c2ccc(C)c(I)c2)c1C. The van der Waals surface area contributed by atoms with Crippen LogP contribution in [0.1, 0.15) is 34.8 Å². The molecule has 0 saturated carbocycles. The Kier molecular flexibility index (Phi) is 5.76. The molecular formula is C18H19IN2O2. The molecule has 120 valence electrons. The minimum absolute atomic E-state index is 0.0512. The van der Waals surface area contributed by atoms with Crippen LogP contribution in [0.3, 0.4) is 0 Å². The van der Waals surface area contributed by atoms with E-state index in [0.29, 0.717) is 23.4 Å². The summed E-state index contributed by atoms with van der Waals surface area (Å²) in [4.78, 5) is 24.0. The molecule has 0 spiro atoms. The van der Waals surface area contributed by atoms with Crippen molar-refractivity contribution >= 4 is 45.8 Å². The molecule has 0 unspecified atom stereocenters. The van der Waals surface area contributed by atoms with E-state index in [1.807, 2.05) is 50.2 Å². The van der Waals surface area contributed by atoms with E-state index in [0.717, 1.165) is 14.7 Å². The Hall–Kier alpha value is -1.89. The fraction of sp³-hybridized carbons (Fsp3) is 0.222. The molecule has 5 heteroatoms.